The van der Waals surface area contributed by atoms with E-state index in [2.05, 4.69) is 17.6 Å². The zero-order valence-electron chi connectivity index (χ0n) is 11.0. The summed E-state index contributed by atoms with van der Waals surface area (Å²) in [6.45, 7) is 2.71. The summed E-state index contributed by atoms with van der Waals surface area (Å²) < 4.78 is 0. The zero-order valence-corrected chi connectivity index (χ0v) is 11.0. The molecule has 0 aromatic heterocycles. The number of hydrogen-bond donors (Lipinski definition) is 2. The van der Waals surface area contributed by atoms with E-state index in [1.165, 1.54) is 6.07 Å². The van der Waals surface area contributed by atoms with Crippen molar-refractivity contribution < 1.29 is 9.72 Å². The highest BCUT2D eigenvalue weighted by Gasteiger charge is 2.33. The normalized spacial score (nSPS) is 20.7. The topological polar surface area (TPSA) is 84.3 Å². The molecule has 2 rings (SSSR count). The van der Waals surface area contributed by atoms with Crippen LogP contribution >= 0.6 is 0 Å². The maximum Gasteiger partial charge on any atom is 0.305 e. The van der Waals surface area contributed by atoms with Crippen molar-refractivity contribution in [3.63, 3.8) is 0 Å². The van der Waals surface area contributed by atoms with Crippen molar-refractivity contribution in [2.45, 2.75) is 13.3 Å². The molecular formula is C13H17N3O3. The molecule has 1 aliphatic carbocycles. The number of nitrogens with one attached hydrogen (secondary N) is 2. The Balaban J connectivity index is 2.18. The summed E-state index contributed by atoms with van der Waals surface area (Å²) in [7, 11) is 1.59. The van der Waals surface area contributed by atoms with Gasteiger partial charge in [0.25, 0.3) is 5.91 Å². The summed E-state index contributed by atoms with van der Waals surface area (Å²) in [5.41, 5.74) is 0.272. The molecule has 1 amide bonds. The van der Waals surface area contributed by atoms with E-state index in [-0.39, 0.29) is 17.2 Å². The van der Waals surface area contributed by atoms with Gasteiger partial charge >= 0.3 is 5.69 Å². The molecule has 0 aliphatic heterocycles. The fourth-order valence-corrected chi connectivity index (χ4v) is 2.13. The van der Waals surface area contributed by atoms with Crippen LogP contribution in [-0.4, -0.2) is 24.4 Å². The van der Waals surface area contributed by atoms with Crippen LogP contribution in [0.5, 0.6) is 0 Å². The first-order chi connectivity index (χ1) is 9.04. The van der Waals surface area contributed by atoms with Crippen molar-refractivity contribution >= 4 is 17.3 Å². The number of nitro benzene ring substituents is 1. The molecule has 0 saturated heterocycles. The Bertz CT molecular complexity index is 516. The lowest BCUT2D eigenvalue weighted by molar-refractivity contribution is -0.384. The number of nitro groups is 1. The van der Waals surface area contributed by atoms with Crippen molar-refractivity contribution in [1.82, 2.24) is 5.32 Å². The number of carbonyl (C=O) groups is 1. The first kappa shape index (κ1) is 13.3. The van der Waals surface area contributed by atoms with Gasteiger partial charge in [0, 0.05) is 13.6 Å². The summed E-state index contributed by atoms with van der Waals surface area (Å²) in [4.78, 5) is 22.6. The van der Waals surface area contributed by atoms with Crippen molar-refractivity contribution in [1.29, 1.82) is 0 Å². The van der Waals surface area contributed by atoms with E-state index in [4.69, 9.17) is 0 Å². The van der Waals surface area contributed by atoms with Crippen LogP contribution < -0.4 is 10.6 Å². The van der Waals surface area contributed by atoms with Gasteiger partial charge in [-0.2, -0.15) is 0 Å². The maximum atomic E-state index is 12.0. The molecule has 19 heavy (non-hydrogen) atoms. The average molecular weight is 263 g/mol. The van der Waals surface area contributed by atoms with Crippen molar-refractivity contribution in [3.05, 3.63) is 33.9 Å². The fraction of sp³-hybridized carbons (Fsp3) is 0.462. The zero-order chi connectivity index (χ0) is 14.0. The number of nitrogens with zero attached hydrogens (tertiary/aromatic N) is 1. The number of hydrogen-bond acceptors (Lipinski definition) is 4. The molecule has 0 heterocycles. The maximum absolute atomic E-state index is 12.0. The van der Waals surface area contributed by atoms with Gasteiger partial charge in [-0.25, -0.2) is 0 Å². The van der Waals surface area contributed by atoms with Crippen LogP contribution in [0.25, 0.3) is 0 Å². The monoisotopic (exact) mass is 263 g/mol. The Morgan fingerprint density at radius 2 is 2.21 bits per heavy atom. The molecule has 2 N–H and O–H groups in total. The highest BCUT2D eigenvalue weighted by atomic mass is 16.6. The van der Waals surface area contributed by atoms with Gasteiger partial charge < -0.3 is 10.6 Å². The van der Waals surface area contributed by atoms with Crippen LogP contribution in [0.15, 0.2) is 18.2 Å². The smallest absolute Gasteiger partial charge is 0.305 e. The van der Waals surface area contributed by atoms with E-state index in [1.807, 2.05) is 0 Å². The molecule has 1 aromatic carbocycles. The summed E-state index contributed by atoms with van der Waals surface area (Å²) in [6, 6.07) is 4.69. The quantitative estimate of drug-likeness (QED) is 0.628. The number of rotatable bonds is 5. The summed E-state index contributed by atoms with van der Waals surface area (Å²) in [6.07, 6.45) is 1.11. The highest BCUT2D eigenvalue weighted by molar-refractivity contribution is 6.00. The summed E-state index contributed by atoms with van der Waals surface area (Å²) >= 11 is 0. The second kappa shape index (κ2) is 5.26. The molecule has 1 saturated carbocycles. The second-order valence-corrected chi connectivity index (χ2v) is 4.89. The third-order valence-corrected chi connectivity index (χ3v) is 3.53. The lowest BCUT2D eigenvalue weighted by atomic mass is 10.1. The van der Waals surface area contributed by atoms with E-state index in [0.29, 0.717) is 24.1 Å². The Hall–Kier alpha value is -2.11. The van der Waals surface area contributed by atoms with Crippen LogP contribution in [0, 0.1) is 22.0 Å². The summed E-state index contributed by atoms with van der Waals surface area (Å²) in [5, 5.41) is 16.6. The minimum atomic E-state index is -0.527. The van der Waals surface area contributed by atoms with E-state index in [1.54, 1.807) is 19.2 Å². The van der Waals surface area contributed by atoms with Crippen molar-refractivity contribution in [3.8, 4) is 0 Å². The first-order valence-corrected chi connectivity index (χ1v) is 6.28. The van der Waals surface area contributed by atoms with Crippen molar-refractivity contribution in [2.75, 3.05) is 18.9 Å². The van der Waals surface area contributed by atoms with E-state index >= 15 is 0 Å². The van der Waals surface area contributed by atoms with Crippen LogP contribution in [0.3, 0.4) is 0 Å². The Morgan fingerprint density at radius 3 is 2.74 bits per heavy atom. The second-order valence-electron chi connectivity index (χ2n) is 4.89. The van der Waals surface area contributed by atoms with Crippen LogP contribution in [0.4, 0.5) is 11.4 Å². The van der Waals surface area contributed by atoms with Gasteiger partial charge in [-0.3, -0.25) is 14.9 Å². The highest BCUT2D eigenvalue weighted by Crippen LogP contribution is 2.37. The van der Waals surface area contributed by atoms with E-state index in [0.717, 1.165) is 6.42 Å². The molecule has 6 nitrogen and oxygen atoms in total. The number of benzene rings is 1. The van der Waals surface area contributed by atoms with Crippen molar-refractivity contribution in [2.24, 2.45) is 11.8 Å². The standard InChI is InChI=1S/C13H17N3O3/c1-8-6-9(8)7-15-13(17)10-4-3-5-11(14-2)12(10)16(18)19/h3-5,8-9,14H,6-7H2,1-2H3,(H,15,17). The minimum absolute atomic E-state index is 0.102. The molecule has 102 valence electrons. The Labute approximate surface area is 111 Å². The van der Waals surface area contributed by atoms with Crippen LogP contribution in [0.1, 0.15) is 23.7 Å². The number of carbonyl (C=O) groups excluding carboxylic acids is 1. The molecule has 1 aliphatic rings. The van der Waals surface area contributed by atoms with Gasteiger partial charge in [0.15, 0.2) is 0 Å². The molecule has 0 spiro atoms. The van der Waals surface area contributed by atoms with Gasteiger partial charge in [-0.15, -0.1) is 0 Å². The molecule has 0 radical (unpaired) electrons. The van der Waals surface area contributed by atoms with E-state index < -0.39 is 4.92 Å². The lowest BCUT2D eigenvalue weighted by Crippen LogP contribution is -2.26. The SMILES string of the molecule is CNc1cccc(C(=O)NCC2CC2C)c1[N+](=O)[O-]. The van der Waals surface area contributed by atoms with E-state index in [9.17, 15) is 14.9 Å². The fourth-order valence-electron chi connectivity index (χ4n) is 2.13. The molecule has 1 fully saturated rings. The van der Waals surface area contributed by atoms with Gasteiger partial charge in [-0.05, 0) is 30.4 Å². The molecule has 6 heteroatoms. The number of para-hydroxylation sites is 1. The minimum Gasteiger partial charge on any atom is -0.383 e. The molecule has 1 aromatic rings. The molecular weight excluding hydrogens is 246 g/mol. The predicted octanol–water partition coefficient (Wildman–Crippen LogP) is 2.02. The number of anilines is 1. The van der Waals surface area contributed by atoms with Gasteiger partial charge in [-0.1, -0.05) is 13.0 Å². The Morgan fingerprint density at radius 1 is 1.53 bits per heavy atom. The van der Waals surface area contributed by atoms with Gasteiger partial charge in [0.2, 0.25) is 0 Å². The lowest BCUT2D eigenvalue weighted by Gasteiger charge is -2.08. The first-order valence-electron chi connectivity index (χ1n) is 6.28. The molecule has 0 bridgehead atoms. The third kappa shape index (κ3) is 2.83. The van der Waals surface area contributed by atoms with Gasteiger partial charge in [0.1, 0.15) is 11.3 Å². The predicted molar refractivity (Wildman–Crippen MR) is 72.2 cm³/mol. The van der Waals surface area contributed by atoms with Crippen LogP contribution in [-0.2, 0) is 0 Å². The summed E-state index contributed by atoms with van der Waals surface area (Å²) in [5.74, 6) is 0.761. The largest absolute Gasteiger partial charge is 0.383 e. The Kier molecular flexibility index (Phi) is 3.69. The number of amides is 1. The van der Waals surface area contributed by atoms with Gasteiger partial charge in [0.05, 0.1) is 4.92 Å². The molecule has 2 atom stereocenters. The van der Waals surface area contributed by atoms with Crippen LogP contribution in [0.2, 0.25) is 0 Å². The average Bonchev–Trinajstić information content (AvgIpc) is 3.10. The third-order valence-electron chi connectivity index (χ3n) is 3.53. The molecule has 2 unspecified atom stereocenters.